The molecule has 3 aliphatic rings. The van der Waals surface area contributed by atoms with Gasteiger partial charge in [0.2, 0.25) is 0 Å². The molecule has 19 heavy (non-hydrogen) atoms. The summed E-state index contributed by atoms with van der Waals surface area (Å²) in [6.45, 7) is 12.1. The first kappa shape index (κ1) is 14.1. The van der Waals surface area contributed by atoms with Crippen molar-refractivity contribution in [3.05, 3.63) is 0 Å². The second kappa shape index (κ2) is 6.74. The molecule has 0 unspecified atom stereocenters. The highest BCUT2D eigenvalue weighted by Gasteiger charge is 2.27. The van der Waals surface area contributed by atoms with E-state index in [1.807, 2.05) is 0 Å². The number of hydrogen-bond donors (Lipinski definition) is 0. The molecule has 3 rings (SSSR count). The Labute approximate surface area is 121 Å². The maximum absolute atomic E-state index is 2.59. The SMILES string of the molecule is CN1CCN(N2CCN(N3CCSCC3)CC2)CC1. The average molecular weight is 285 g/mol. The molecule has 0 N–H and O–H groups in total. The molecule has 6 heteroatoms. The smallest absolute Gasteiger partial charge is 0.0275 e. The van der Waals surface area contributed by atoms with Gasteiger partial charge in [0.1, 0.15) is 0 Å². The zero-order valence-electron chi connectivity index (χ0n) is 12.1. The summed E-state index contributed by atoms with van der Waals surface area (Å²) in [4.78, 5) is 2.43. The lowest BCUT2D eigenvalue weighted by molar-refractivity contribution is -0.122. The van der Waals surface area contributed by atoms with E-state index >= 15 is 0 Å². The molecule has 0 aromatic heterocycles. The van der Waals surface area contributed by atoms with Crippen LogP contribution >= 0.6 is 11.8 Å². The van der Waals surface area contributed by atoms with Crippen LogP contribution in [0.15, 0.2) is 0 Å². The Bertz CT molecular complexity index is 268. The fourth-order valence-corrected chi connectivity index (χ4v) is 4.05. The van der Waals surface area contributed by atoms with Crippen LogP contribution in [0.1, 0.15) is 0 Å². The van der Waals surface area contributed by atoms with E-state index in [0.29, 0.717) is 0 Å². The molecule has 0 aromatic rings. The minimum absolute atomic E-state index is 1.20. The number of piperazine rings is 2. The van der Waals surface area contributed by atoms with Crippen molar-refractivity contribution in [2.45, 2.75) is 0 Å². The molecule has 0 aromatic carbocycles. The monoisotopic (exact) mass is 285 g/mol. The van der Waals surface area contributed by atoms with E-state index in [1.54, 1.807) is 0 Å². The van der Waals surface area contributed by atoms with Crippen molar-refractivity contribution >= 4 is 11.8 Å². The minimum Gasteiger partial charge on any atom is -0.304 e. The average Bonchev–Trinajstić information content (AvgIpc) is 2.49. The van der Waals surface area contributed by atoms with E-state index in [-0.39, 0.29) is 0 Å². The van der Waals surface area contributed by atoms with Gasteiger partial charge in [0.25, 0.3) is 0 Å². The van der Waals surface area contributed by atoms with Crippen LogP contribution in [0.5, 0.6) is 0 Å². The molecule has 110 valence electrons. The Morgan fingerprint density at radius 3 is 1.37 bits per heavy atom. The summed E-state index contributed by atoms with van der Waals surface area (Å²) in [5.41, 5.74) is 0. The van der Waals surface area contributed by atoms with Gasteiger partial charge >= 0.3 is 0 Å². The van der Waals surface area contributed by atoms with Gasteiger partial charge in [-0.05, 0) is 7.05 Å². The summed E-state index contributed by atoms with van der Waals surface area (Å²) < 4.78 is 0. The number of nitrogens with zero attached hydrogens (tertiary/aromatic N) is 5. The van der Waals surface area contributed by atoms with Gasteiger partial charge in [0.05, 0.1) is 0 Å². The van der Waals surface area contributed by atoms with E-state index in [4.69, 9.17) is 0 Å². The van der Waals surface area contributed by atoms with E-state index in [9.17, 15) is 0 Å². The summed E-state index contributed by atoms with van der Waals surface area (Å²) >= 11 is 2.09. The Morgan fingerprint density at radius 2 is 0.895 bits per heavy atom. The van der Waals surface area contributed by atoms with Crippen LogP contribution in [0.4, 0.5) is 0 Å². The maximum Gasteiger partial charge on any atom is 0.0275 e. The fourth-order valence-electron chi connectivity index (χ4n) is 3.17. The quantitative estimate of drug-likeness (QED) is 0.689. The van der Waals surface area contributed by atoms with Gasteiger partial charge in [-0.1, -0.05) is 0 Å². The lowest BCUT2D eigenvalue weighted by atomic mass is 10.3. The molecule has 0 atom stereocenters. The third-order valence-corrected chi connectivity index (χ3v) is 5.44. The van der Waals surface area contributed by atoms with Crippen molar-refractivity contribution in [1.82, 2.24) is 24.9 Å². The van der Waals surface area contributed by atoms with Crippen LogP contribution in [0.25, 0.3) is 0 Å². The molecular weight excluding hydrogens is 258 g/mol. The van der Waals surface area contributed by atoms with Gasteiger partial charge in [0, 0.05) is 77.0 Å². The number of thioether (sulfide) groups is 1. The van der Waals surface area contributed by atoms with E-state index in [2.05, 4.69) is 43.7 Å². The maximum atomic E-state index is 2.59. The molecule has 0 spiro atoms. The van der Waals surface area contributed by atoms with Gasteiger partial charge in [0.15, 0.2) is 0 Å². The lowest BCUT2D eigenvalue weighted by Gasteiger charge is -2.47. The van der Waals surface area contributed by atoms with Crippen molar-refractivity contribution < 1.29 is 0 Å². The van der Waals surface area contributed by atoms with Crippen LogP contribution < -0.4 is 0 Å². The van der Waals surface area contributed by atoms with Gasteiger partial charge in [-0.15, -0.1) is 0 Å². The predicted octanol–water partition coefficient (Wildman–Crippen LogP) is -0.270. The molecule has 0 radical (unpaired) electrons. The molecule has 5 nitrogen and oxygen atoms in total. The highest BCUT2D eigenvalue weighted by Crippen LogP contribution is 2.15. The first-order valence-corrected chi connectivity index (χ1v) is 8.74. The van der Waals surface area contributed by atoms with Gasteiger partial charge < -0.3 is 4.90 Å². The van der Waals surface area contributed by atoms with Crippen molar-refractivity contribution in [3.8, 4) is 0 Å². The minimum atomic E-state index is 1.20. The second-order valence-corrected chi connectivity index (χ2v) is 6.96. The van der Waals surface area contributed by atoms with Crippen LogP contribution in [-0.2, 0) is 0 Å². The zero-order chi connectivity index (χ0) is 13.1. The molecule has 3 saturated heterocycles. The normalized spacial score (nSPS) is 30.8. The van der Waals surface area contributed by atoms with Gasteiger partial charge in [-0.2, -0.15) is 11.8 Å². The van der Waals surface area contributed by atoms with E-state index in [0.717, 1.165) is 0 Å². The summed E-state index contributed by atoms with van der Waals surface area (Å²) in [7, 11) is 2.23. The van der Waals surface area contributed by atoms with Crippen LogP contribution in [0.2, 0.25) is 0 Å². The topological polar surface area (TPSA) is 16.2 Å². The Kier molecular flexibility index (Phi) is 5.00. The van der Waals surface area contributed by atoms with Crippen molar-refractivity contribution in [1.29, 1.82) is 0 Å². The predicted molar refractivity (Wildman–Crippen MR) is 81.1 cm³/mol. The third-order valence-electron chi connectivity index (χ3n) is 4.50. The van der Waals surface area contributed by atoms with Crippen LogP contribution in [-0.4, -0.2) is 109 Å². The van der Waals surface area contributed by atoms with E-state index < -0.39 is 0 Å². The van der Waals surface area contributed by atoms with Gasteiger partial charge in [-0.3, -0.25) is 0 Å². The molecule has 0 bridgehead atoms. The molecular formula is C13H27N5S. The first-order chi connectivity index (χ1) is 9.33. The Hall–Kier alpha value is 0.150. The van der Waals surface area contributed by atoms with Crippen molar-refractivity contribution in [3.63, 3.8) is 0 Å². The summed E-state index contributed by atoms with van der Waals surface area (Å²) in [5.74, 6) is 2.61. The fraction of sp³-hybridized carbons (Fsp3) is 1.00. The number of likely N-dealkylation sites (N-methyl/N-ethyl adjacent to an activating group) is 1. The number of rotatable bonds is 2. The zero-order valence-corrected chi connectivity index (χ0v) is 12.9. The van der Waals surface area contributed by atoms with Gasteiger partial charge in [-0.25, -0.2) is 20.0 Å². The first-order valence-electron chi connectivity index (χ1n) is 7.59. The summed E-state index contributed by atoms with van der Waals surface area (Å²) in [5, 5.41) is 10.3. The number of hydrogen-bond acceptors (Lipinski definition) is 6. The van der Waals surface area contributed by atoms with Crippen molar-refractivity contribution in [2.24, 2.45) is 0 Å². The molecule has 0 amide bonds. The van der Waals surface area contributed by atoms with Crippen LogP contribution in [0, 0.1) is 0 Å². The highest BCUT2D eigenvalue weighted by atomic mass is 32.2. The van der Waals surface area contributed by atoms with Crippen LogP contribution in [0.3, 0.4) is 0 Å². The van der Waals surface area contributed by atoms with E-state index in [1.165, 1.54) is 77.0 Å². The molecule has 3 aliphatic heterocycles. The third kappa shape index (κ3) is 3.62. The molecule has 3 heterocycles. The largest absolute Gasteiger partial charge is 0.304 e. The summed E-state index contributed by atoms with van der Waals surface area (Å²) in [6.07, 6.45) is 0. The second-order valence-electron chi connectivity index (χ2n) is 5.73. The summed E-state index contributed by atoms with van der Waals surface area (Å²) in [6, 6.07) is 0. The molecule has 3 fully saturated rings. The molecule has 0 saturated carbocycles. The Morgan fingerprint density at radius 1 is 0.526 bits per heavy atom. The highest BCUT2D eigenvalue weighted by molar-refractivity contribution is 7.99. The molecule has 0 aliphatic carbocycles. The standard InChI is InChI=1S/C13H27N5S/c1-14-2-4-15(5-3-14)16-6-8-17(9-7-16)18-10-12-19-13-11-18/h2-13H2,1H3. The number of hydrazine groups is 2. The Balaban J connectivity index is 1.44. The van der Waals surface area contributed by atoms with Crippen molar-refractivity contribution in [2.75, 3.05) is 84.0 Å². The lowest BCUT2D eigenvalue weighted by Crippen LogP contribution is -2.61.